The van der Waals surface area contributed by atoms with E-state index in [1.54, 1.807) is 21.3 Å². The summed E-state index contributed by atoms with van der Waals surface area (Å²) in [7, 11) is 13.7. The molecule has 0 bridgehead atoms. The van der Waals surface area contributed by atoms with E-state index >= 15 is 0 Å². The second-order valence-corrected chi connectivity index (χ2v) is 11.7. The molecular formula is C32H48BNO3. The minimum atomic E-state index is -0.720. The Balaban J connectivity index is 0.000000877. The van der Waals surface area contributed by atoms with Crippen molar-refractivity contribution in [1.82, 2.24) is 0 Å². The van der Waals surface area contributed by atoms with Crippen molar-refractivity contribution in [3.8, 4) is 17.2 Å². The van der Waals surface area contributed by atoms with Crippen molar-refractivity contribution in [2.75, 3.05) is 49.5 Å². The maximum absolute atomic E-state index is 5.38. The highest BCUT2D eigenvalue weighted by Gasteiger charge is 2.26. The molecule has 0 unspecified atom stereocenters. The zero-order valence-electron chi connectivity index (χ0n) is 24.4. The van der Waals surface area contributed by atoms with Crippen LogP contribution in [-0.2, 0) is 19.0 Å². The standard InChI is InChI=1S/C28H36BO3.C4H12N/c1-5-6-19-29(20-23-7-13-26(30-2)14-8-23,21-24-9-15-27(31-3)16-10-24)22-25-11-17-28(32-4)18-12-25;1-5(2,3)4/h7-18H,5-6,19-22H2,1-4H3;1-4H3/q-1;+1. The molecule has 3 rings (SSSR count). The molecule has 3 aromatic rings. The van der Waals surface area contributed by atoms with Gasteiger partial charge in [0.05, 0.1) is 49.5 Å². The number of methoxy groups -OCH3 is 3. The summed E-state index contributed by atoms with van der Waals surface area (Å²) >= 11 is 0. The Morgan fingerprint density at radius 1 is 0.541 bits per heavy atom. The first-order valence-electron chi connectivity index (χ1n) is 13.5. The third-order valence-corrected chi connectivity index (χ3v) is 6.65. The SMILES string of the molecule is CCCC[B-](Cc1ccc(OC)cc1)(Cc1ccc(OC)cc1)Cc1ccc(OC)cc1.C[N+](C)(C)C. The second-order valence-electron chi connectivity index (χ2n) is 11.7. The van der Waals surface area contributed by atoms with E-state index in [0.717, 1.165) is 40.7 Å². The van der Waals surface area contributed by atoms with Crippen LogP contribution in [0.3, 0.4) is 0 Å². The van der Waals surface area contributed by atoms with Crippen LogP contribution in [-0.4, -0.2) is 60.1 Å². The van der Waals surface area contributed by atoms with Crippen LogP contribution in [0.5, 0.6) is 17.2 Å². The summed E-state index contributed by atoms with van der Waals surface area (Å²) in [5.74, 6) is 2.72. The fourth-order valence-electron chi connectivity index (χ4n) is 4.94. The van der Waals surface area contributed by atoms with E-state index in [0.29, 0.717) is 0 Å². The Kier molecular flexibility index (Phi) is 12.1. The van der Waals surface area contributed by atoms with Crippen LogP contribution in [0, 0.1) is 0 Å². The van der Waals surface area contributed by atoms with Gasteiger partial charge in [-0.15, -0.1) is 0 Å². The van der Waals surface area contributed by atoms with Gasteiger partial charge in [0.2, 0.25) is 0 Å². The van der Waals surface area contributed by atoms with Gasteiger partial charge >= 0.3 is 0 Å². The van der Waals surface area contributed by atoms with E-state index in [-0.39, 0.29) is 0 Å². The predicted molar refractivity (Wildman–Crippen MR) is 160 cm³/mol. The van der Waals surface area contributed by atoms with Crippen molar-refractivity contribution in [1.29, 1.82) is 0 Å². The van der Waals surface area contributed by atoms with E-state index in [9.17, 15) is 0 Å². The Morgan fingerprint density at radius 2 is 0.811 bits per heavy atom. The van der Waals surface area contributed by atoms with Gasteiger partial charge in [-0.3, -0.25) is 0 Å². The number of rotatable bonds is 12. The number of nitrogens with zero attached hydrogens (tertiary/aromatic N) is 1. The summed E-state index contributed by atoms with van der Waals surface area (Å²) in [5.41, 5.74) is 4.14. The van der Waals surface area contributed by atoms with Crippen LogP contribution >= 0.6 is 0 Å². The monoisotopic (exact) mass is 505 g/mol. The average molecular weight is 506 g/mol. The minimum Gasteiger partial charge on any atom is -0.497 e. The third kappa shape index (κ3) is 11.3. The number of benzene rings is 3. The van der Waals surface area contributed by atoms with Crippen LogP contribution in [0.2, 0.25) is 6.32 Å². The van der Waals surface area contributed by atoms with Crippen molar-refractivity contribution in [2.24, 2.45) is 0 Å². The summed E-state index contributed by atoms with van der Waals surface area (Å²) in [4.78, 5) is 0. The Bertz CT molecular complexity index is 899. The largest absolute Gasteiger partial charge is 0.497 e. The average Bonchev–Trinajstić information content (AvgIpc) is 2.88. The van der Waals surface area contributed by atoms with Crippen LogP contribution in [0.25, 0.3) is 0 Å². The first kappa shape index (κ1) is 30.3. The van der Waals surface area contributed by atoms with Crippen LogP contribution in [0.1, 0.15) is 36.5 Å². The molecule has 0 aliphatic heterocycles. The highest BCUT2D eigenvalue weighted by atomic mass is 16.5. The molecule has 3 aromatic carbocycles. The molecular weight excluding hydrogens is 457 g/mol. The lowest BCUT2D eigenvalue weighted by atomic mass is 9.16. The molecule has 4 nitrogen and oxygen atoms in total. The summed E-state index contributed by atoms with van der Waals surface area (Å²) in [6, 6.07) is 25.8. The lowest BCUT2D eigenvalue weighted by Gasteiger charge is -2.41. The van der Waals surface area contributed by atoms with Crippen molar-refractivity contribution in [3.63, 3.8) is 0 Å². The molecule has 0 aliphatic carbocycles. The molecule has 0 radical (unpaired) electrons. The van der Waals surface area contributed by atoms with E-state index in [4.69, 9.17) is 14.2 Å². The van der Waals surface area contributed by atoms with Gasteiger partial charge in [-0.1, -0.05) is 72.9 Å². The van der Waals surface area contributed by atoms with Gasteiger partial charge in [0.25, 0.3) is 0 Å². The highest BCUT2D eigenvalue weighted by molar-refractivity contribution is 6.78. The van der Waals surface area contributed by atoms with Gasteiger partial charge in [-0.2, -0.15) is 25.3 Å². The fourth-order valence-corrected chi connectivity index (χ4v) is 4.94. The maximum Gasteiger partial charge on any atom is 0.118 e. The Labute approximate surface area is 226 Å². The first-order chi connectivity index (χ1) is 17.6. The molecule has 0 heterocycles. The summed E-state index contributed by atoms with van der Waals surface area (Å²) in [5, 5.41) is 0. The molecule has 202 valence electrons. The maximum atomic E-state index is 5.38. The molecule has 0 atom stereocenters. The molecule has 0 saturated carbocycles. The number of hydrogen-bond donors (Lipinski definition) is 0. The van der Waals surface area contributed by atoms with Gasteiger partial charge < -0.3 is 18.7 Å². The molecule has 0 aliphatic rings. The van der Waals surface area contributed by atoms with Crippen LogP contribution in [0.15, 0.2) is 72.8 Å². The first-order valence-corrected chi connectivity index (χ1v) is 13.5. The van der Waals surface area contributed by atoms with Gasteiger partial charge in [0, 0.05) is 6.15 Å². The number of ether oxygens (including phenoxy) is 3. The van der Waals surface area contributed by atoms with Crippen molar-refractivity contribution < 1.29 is 18.7 Å². The lowest BCUT2D eigenvalue weighted by Crippen LogP contribution is -2.43. The summed E-state index contributed by atoms with van der Waals surface area (Å²) in [6.07, 6.45) is 6.22. The number of quaternary nitrogens is 1. The smallest absolute Gasteiger partial charge is 0.118 e. The summed E-state index contributed by atoms with van der Waals surface area (Å²) < 4.78 is 17.1. The van der Waals surface area contributed by atoms with E-state index in [1.807, 2.05) is 0 Å². The van der Waals surface area contributed by atoms with Gasteiger partial charge in [-0.05, 0) is 36.4 Å². The second kappa shape index (κ2) is 14.7. The fraction of sp³-hybridized carbons (Fsp3) is 0.438. The highest BCUT2D eigenvalue weighted by Crippen LogP contribution is 2.30. The van der Waals surface area contributed by atoms with Crippen LogP contribution < -0.4 is 14.2 Å². The van der Waals surface area contributed by atoms with E-state index in [2.05, 4.69) is 108 Å². The molecule has 0 spiro atoms. The van der Waals surface area contributed by atoms with Gasteiger partial charge in [0.15, 0.2) is 0 Å². The molecule has 0 N–H and O–H groups in total. The molecule has 0 amide bonds. The lowest BCUT2D eigenvalue weighted by molar-refractivity contribution is -0.849. The molecule has 0 fully saturated rings. The van der Waals surface area contributed by atoms with Gasteiger partial charge in [0.1, 0.15) is 17.2 Å². The Morgan fingerprint density at radius 3 is 1.03 bits per heavy atom. The zero-order chi connectivity index (χ0) is 27.3. The summed E-state index contributed by atoms with van der Waals surface area (Å²) in [6.45, 7) is 2.29. The number of unbranched alkanes of at least 4 members (excludes halogenated alkanes) is 1. The molecule has 5 heteroatoms. The normalized spacial score (nSPS) is 11.4. The van der Waals surface area contributed by atoms with Gasteiger partial charge in [-0.25, -0.2) is 0 Å². The minimum absolute atomic E-state index is 0.720. The molecule has 37 heavy (non-hydrogen) atoms. The van der Waals surface area contributed by atoms with Crippen molar-refractivity contribution in [2.45, 2.75) is 45.0 Å². The van der Waals surface area contributed by atoms with Crippen LogP contribution in [0.4, 0.5) is 0 Å². The number of hydrogen-bond acceptors (Lipinski definition) is 3. The quantitative estimate of drug-likeness (QED) is 0.197. The third-order valence-electron chi connectivity index (χ3n) is 6.65. The topological polar surface area (TPSA) is 27.7 Å². The van der Waals surface area contributed by atoms with Crippen molar-refractivity contribution in [3.05, 3.63) is 89.5 Å². The van der Waals surface area contributed by atoms with E-state index in [1.165, 1.54) is 35.9 Å². The van der Waals surface area contributed by atoms with Crippen molar-refractivity contribution >= 4 is 6.15 Å². The molecule has 0 aromatic heterocycles. The molecule has 0 saturated heterocycles. The predicted octanol–water partition coefficient (Wildman–Crippen LogP) is 6.93. The Hall–Kier alpha value is -2.92. The zero-order valence-corrected chi connectivity index (χ0v) is 24.4. The van der Waals surface area contributed by atoms with E-state index < -0.39 is 6.15 Å².